The van der Waals surface area contributed by atoms with E-state index in [-0.39, 0.29) is 17.3 Å². The van der Waals surface area contributed by atoms with Crippen LogP contribution < -0.4 is 14.9 Å². The summed E-state index contributed by atoms with van der Waals surface area (Å²) >= 11 is 0. The molecule has 0 spiro atoms. The highest BCUT2D eigenvalue weighted by Gasteiger charge is 2.18. The third-order valence-corrected chi connectivity index (χ3v) is 6.27. The second kappa shape index (κ2) is 8.39. The highest BCUT2D eigenvalue weighted by atomic mass is 35.5. The molecule has 3 aromatic rings. The van der Waals surface area contributed by atoms with E-state index in [1.165, 1.54) is 0 Å². The van der Waals surface area contributed by atoms with Crippen LogP contribution in [-0.4, -0.2) is 34.6 Å². The normalized spacial score (nSPS) is 14.5. The molecule has 4 rings (SSSR count). The van der Waals surface area contributed by atoms with E-state index in [0.717, 1.165) is 48.2 Å². The Morgan fingerprint density at radius 1 is 0.929 bits per heavy atom. The second-order valence-electron chi connectivity index (χ2n) is 6.84. The molecule has 28 heavy (non-hydrogen) atoms. The van der Waals surface area contributed by atoms with Crippen LogP contribution in [0.25, 0.3) is 10.8 Å². The van der Waals surface area contributed by atoms with E-state index in [1.807, 2.05) is 43.3 Å². The van der Waals surface area contributed by atoms with Crippen LogP contribution in [0, 0.1) is 6.92 Å². The van der Waals surface area contributed by atoms with Gasteiger partial charge >= 0.3 is 0 Å². The van der Waals surface area contributed by atoms with Gasteiger partial charge in [-0.25, -0.2) is 8.42 Å². The minimum atomic E-state index is -3.64. The third-order valence-electron chi connectivity index (χ3n) is 4.90. The van der Waals surface area contributed by atoms with Gasteiger partial charge in [-0.2, -0.15) is 0 Å². The van der Waals surface area contributed by atoms with Gasteiger partial charge in [0.1, 0.15) is 0 Å². The van der Waals surface area contributed by atoms with E-state index >= 15 is 0 Å². The molecule has 0 unspecified atom stereocenters. The summed E-state index contributed by atoms with van der Waals surface area (Å²) in [6.07, 6.45) is 0. The number of sulfonamides is 1. The van der Waals surface area contributed by atoms with Gasteiger partial charge in [0.25, 0.3) is 10.0 Å². The van der Waals surface area contributed by atoms with Crippen LogP contribution >= 0.6 is 12.4 Å². The van der Waals surface area contributed by atoms with Gasteiger partial charge in [0.2, 0.25) is 0 Å². The maximum absolute atomic E-state index is 12.9. The first-order valence-corrected chi connectivity index (χ1v) is 10.6. The molecule has 1 saturated heterocycles. The summed E-state index contributed by atoms with van der Waals surface area (Å²) < 4.78 is 28.5. The number of hydrogen-bond acceptors (Lipinski definition) is 4. The fourth-order valence-electron chi connectivity index (χ4n) is 3.54. The number of rotatable bonds is 4. The van der Waals surface area contributed by atoms with Crippen LogP contribution in [0.3, 0.4) is 0 Å². The Hall–Kier alpha value is -2.28. The lowest BCUT2D eigenvalue weighted by atomic mass is 10.1. The lowest BCUT2D eigenvalue weighted by Crippen LogP contribution is -2.43. The van der Waals surface area contributed by atoms with Crippen molar-refractivity contribution in [1.29, 1.82) is 0 Å². The predicted octanol–water partition coefficient (Wildman–Crippen LogP) is 3.78. The fraction of sp³-hybridized carbons (Fsp3) is 0.238. The Balaban J connectivity index is 0.00000225. The SMILES string of the molecule is Cc1cccc(S(=O)(=O)Nc2ccc(N3CCNCC3)c3ccccc23)c1.Cl. The topological polar surface area (TPSA) is 61.4 Å². The largest absolute Gasteiger partial charge is 0.368 e. The molecule has 0 saturated carbocycles. The first-order chi connectivity index (χ1) is 13.0. The van der Waals surface area contributed by atoms with E-state index in [4.69, 9.17) is 0 Å². The van der Waals surface area contributed by atoms with Crippen molar-refractivity contribution in [2.24, 2.45) is 0 Å². The number of anilines is 2. The molecule has 1 aliphatic heterocycles. The van der Waals surface area contributed by atoms with Crippen molar-refractivity contribution in [3.05, 3.63) is 66.2 Å². The minimum absolute atomic E-state index is 0. The lowest BCUT2D eigenvalue weighted by Gasteiger charge is -2.30. The molecule has 1 fully saturated rings. The van der Waals surface area contributed by atoms with Crippen molar-refractivity contribution in [1.82, 2.24) is 5.32 Å². The van der Waals surface area contributed by atoms with E-state index in [1.54, 1.807) is 18.2 Å². The number of piperazine rings is 1. The lowest BCUT2D eigenvalue weighted by molar-refractivity contribution is 0.590. The van der Waals surface area contributed by atoms with Crippen molar-refractivity contribution in [3.8, 4) is 0 Å². The Bertz CT molecular complexity index is 1080. The standard InChI is InChI=1S/C21H23N3O2S.ClH/c1-16-5-4-6-17(15-16)27(25,26)23-20-9-10-21(24-13-11-22-12-14-24)19-8-3-2-7-18(19)20;/h2-10,15,22-23H,11-14H2,1H3;1H. The van der Waals surface area contributed by atoms with Crippen molar-refractivity contribution >= 4 is 44.6 Å². The highest BCUT2D eigenvalue weighted by molar-refractivity contribution is 7.92. The van der Waals surface area contributed by atoms with E-state index in [2.05, 4.69) is 21.0 Å². The highest BCUT2D eigenvalue weighted by Crippen LogP contribution is 2.33. The summed E-state index contributed by atoms with van der Waals surface area (Å²) in [6.45, 7) is 5.68. The van der Waals surface area contributed by atoms with Crippen LogP contribution in [0.5, 0.6) is 0 Å². The molecule has 0 bridgehead atoms. The number of fused-ring (bicyclic) bond motifs is 1. The van der Waals surface area contributed by atoms with E-state index in [0.29, 0.717) is 5.69 Å². The molecular weight excluding hydrogens is 394 g/mol. The van der Waals surface area contributed by atoms with Gasteiger partial charge in [0.05, 0.1) is 10.6 Å². The van der Waals surface area contributed by atoms with Gasteiger partial charge in [-0.05, 0) is 36.8 Å². The maximum atomic E-state index is 12.9. The number of nitrogens with zero attached hydrogens (tertiary/aromatic N) is 1. The van der Waals surface area contributed by atoms with E-state index in [9.17, 15) is 8.42 Å². The summed E-state index contributed by atoms with van der Waals surface area (Å²) in [5.41, 5.74) is 2.66. The molecule has 148 valence electrons. The molecule has 3 aromatic carbocycles. The Labute approximate surface area is 172 Å². The first-order valence-electron chi connectivity index (χ1n) is 9.11. The number of nitrogens with one attached hydrogen (secondary N) is 2. The number of halogens is 1. The summed E-state index contributed by atoms with van der Waals surface area (Å²) in [5, 5.41) is 5.33. The molecule has 5 nitrogen and oxygen atoms in total. The van der Waals surface area contributed by atoms with E-state index < -0.39 is 10.0 Å². The van der Waals surface area contributed by atoms with Crippen molar-refractivity contribution < 1.29 is 8.42 Å². The molecule has 0 amide bonds. The van der Waals surface area contributed by atoms with Gasteiger partial charge < -0.3 is 10.2 Å². The quantitative estimate of drug-likeness (QED) is 0.678. The molecule has 1 aliphatic rings. The smallest absolute Gasteiger partial charge is 0.261 e. The minimum Gasteiger partial charge on any atom is -0.368 e. The second-order valence-corrected chi connectivity index (χ2v) is 8.52. The molecule has 0 aromatic heterocycles. The molecule has 0 radical (unpaired) electrons. The molecule has 1 heterocycles. The van der Waals surface area contributed by atoms with Gasteiger partial charge in [-0.3, -0.25) is 4.72 Å². The monoisotopic (exact) mass is 417 g/mol. The zero-order valence-electron chi connectivity index (χ0n) is 15.7. The first kappa shape index (κ1) is 20.5. The maximum Gasteiger partial charge on any atom is 0.261 e. The number of hydrogen-bond donors (Lipinski definition) is 2. The van der Waals surface area contributed by atoms with Gasteiger partial charge in [-0.1, -0.05) is 36.4 Å². The summed E-state index contributed by atoms with van der Waals surface area (Å²) in [4.78, 5) is 2.62. The fourth-order valence-corrected chi connectivity index (χ4v) is 4.72. The molecule has 0 atom stereocenters. The van der Waals surface area contributed by atoms with Crippen LogP contribution in [-0.2, 0) is 10.0 Å². The van der Waals surface area contributed by atoms with Crippen LogP contribution in [0.1, 0.15) is 5.56 Å². The van der Waals surface area contributed by atoms with Gasteiger partial charge in [-0.15, -0.1) is 12.4 Å². The van der Waals surface area contributed by atoms with Gasteiger partial charge in [0.15, 0.2) is 0 Å². The summed E-state index contributed by atoms with van der Waals surface area (Å²) in [5.74, 6) is 0. The Morgan fingerprint density at radius 2 is 1.64 bits per heavy atom. The Morgan fingerprint density at radius 3 is 2.36 bits per heavy atom. The third kappa shape index (κ3) is 4.09. The molecular formula is C21H24ClN3O2S. The molecule has 7 heteroatoms. The molecule has 2 N–H and O–H groups in total. The average molecular weight is 418 g/mol. The predicted molar refractivity (Wildman–Crippen MR) is 118 cm³/mol. The van der Waals surface area contributed by atoms with Crippen molar-refractivity contribution in [3.63, 3.8) is 0 Å². The van der Waals surface area contributed by atoms with Crippen LogP contribution in [0.15, 0.2) is 65.6 Å². The molecule has 0 aliphatic carbocycles. The van der Waals surface area contributed by atoms with Crippen molar-refractivity contribution in [2.75, 3.05) is 35.8 Å². The van der Waals surface area contributed by atoms with Crippen LogP contribution in [0.4, 0.5) is 11.4 Å². The average Bonchev–Trinajstić information content (AvgIpc) is 2.69. The number of aryl methyl sites for hydroxylation is 1. The number of benzene rings is 3. The van der Waals surface area contributed by atoms with Crippen LogP contribution in [0.2, 0.25) is 0 Å². The summed E-state index contributed by atoms with van der Waals surface area (Å²) in [7, 11) is -3.64. The van der Waals surface area contributed by atoms with Gasteiger partial charge in [0, 0.05) is 42.6 Å². The summed E-state index contributed by atoms with van der Waals surface area (Å²) in [6, 6.07) is 18.8. The zero-order chi connectivity index (χ0) is 18.9. The van der Waals surface area contributed by atoms with Crippen molar-refractivity contribution in [2.45, 2.75) is 11.8 Å². The zero-order valence-corrected chi connectivity index (χ0v) is 17.3. The Kier molecular flexibility index (Phi) is 6.13.